The smallest absolute Gasteiger partial charge is 0.231 e. The number of anilines is 2. The molecule has 0 saturated carbocycles. The summed E-state index contributed by atoms with van der Waals surface area (Å²) in [5, 5.41) is 11.7. The van der Waals surface area contributed by atoms with Crippen LogP contribution < -0.4 is 14.8 Å². The molecule has 1 aliphatic heterocycles. The molecule has 1 aliphatic rings. The van der Waals surface area contributed by atoms with Crippen molar-refractivity contribution in [3.63, 3.8) is 0 Å². The van der Waals surface area contributed by atoms with E-state index in [2.05, 4.69) is 34.6 Å². The summed E-state index contributed by atoms with van der Waals surface area (Å²) < 4.78 is 10.7. The highest BCUT2D eigenvalue weighted by Gasteiger charge is 2.14. The number of ether oxygens (including phenoxy) is 2. The number of aromatic amines is 1. The van der Waals surface area contributed by atoms with Crippen LogP contribution in [0.5, 0.6) is 11.5 Å². The lowest BCUT2D eigenvalue weighted by Gasteiger charge is -2.05. The van der Waals surface area contributed by atoms with Crippen LogP contribution in [0.1, 0.15) is 5.56 Å². The van der Waals surface area contributed by atoms with Crippen LogP contribution in [0.4, 0.5) is 11.5 Å². The molecule has 0 aliphatic carbocycles. The van der Waals surface area contributed by atoms with Gasteiger partial charge in [0.25, 0.3) is 0 Å². The van der Waals surface area contributed by atoms with Gasteiger partial charge in [-0.3, -0.25) is 5.10 Å². The van der Waals surface area contributed by atoms with Gasteiger partial charge >= 0.3 is 0 Å². The van der Waals surface area contributed by atoms with Crippen molar-refractivity contribution < 1.29 is 9.47 Å². The van der Waals surface area contributed by atoms with E-state index in [0.29, 0.717) is 0 Å². The number of aryl methyl sites for hydroxylation is 1. The van der Waals surface area contributed by atoms with E-state index < -0.39 is 0 Å². The number of nitrogens with zero attached hydrogens (tertiary/aromatic N) is 1. The van der Waals surface area contributed by atoms with Crippen molar-refractivity contribution in [1.29, 1.82) is 0 Å². The maximum Gasteiger partial charge on any atom is 0.231 e. The molecule has 5 nitrogen and oxygen atoms in total. The molecular weight excluding hydrogens is 254 g/mol. The van der Waals surface area contributed by atoms with Crippen molar-refractivity contribution in [1.82, 2.24) is 10.2 Å². The monoisotopic (exact) mass is 267 g/mol. The number of hydrogen-bond acceptors (Lipinski definition) is 4. The lowest BCUT2D eigenvalue weighted by Crippen LogP contribution is -1.93. The third-order valence-electron chi connectivity index (χ3n) is 3.35. The predicted molar refractivity (Wildman–Crippen MR) is 76.7 cm³/mol. The highest BCUT2D eigenvalue weighted by molar-refractivity contribution is 5.92. The lowest BCUT2D eigenvalue weighted by molar-refractivity contribution is 0.174. The molecule has 4 rings (SSSR count). The minimum Gasteiger partial charge on any atom is -0.454 e. The van der Waals surface area contributed by atoms with E-state index in [9.17, 15) is 0 Å². The third-order valence-corrected chi connectivity index (χ3v) is 3.35. The second-order valence-corrected chi connectivity index (χ2v) is 4.81. The van der Waals surface area contributed by atoms with Gasteiger partial charge < -0.3 is 14.8 Å². The Morgan fingerprint density at radius 1 is 1.10 bits per heavy atom. The highest BCUT2D eigenvalue weighted by Crippen LogP contribution is 2.35. The fourth-order valence-corrected chi connectivity index (χ4v) is 2.33. The number of aromatic nitrogens is 2. The average Bonchev–Trinajstić information content (AvgIpc) is 3.05. The van der Waals surface area contributed by atoms with Gasteiger partial charge in [0, 0.05) is 17.1 Å². The van der Waals surface area contributed by atoms with Gasteiger partial charge in [-0.1, -0.05) is 11.6 Å². The van der Waals surface area contributed by atoms with Crippen LogP contribution in [0.3, 0.4) is 0 Å². The van der Waals surface area contributed by atoms with Gasteiger partial charge in [-0.2, -0.15) is 5.10 Å². The molecule has 20 heavy (non-hydrogen) atoms. The Labute approximate surface area is 115 Å². The molecule has 0 spiro atoms. The number of H-pyrrole nitrogens is 1. The molecule has 0 saturated heterocycles. The molecule has 0 bridgehead atoms. The molecule has 0 amide bonds. The molecule has 0 radical (unpaired) electrons. The summed E-state index contributed by atoms with van der Waals surface area (Å²) in [5.41, 5.74) is 3.13. The number of fused-ring (bicyclic) bond motifs is 2. The fourth-order valence-electron chi connectivity index (χ4n) is 2.33. The van der Waals surface area contributed by atoms with Crippen molar-refractivity contribution in [3.8, 4) is 11.5 Å². The van der Waals surface area contributed by atoms with E-state index in [4.69, 9.17) is 9.47 Å². The van der Waals surface area contributed by atoms with E-state index in [1.165, 1.54) is 5.56 Å². The van der Waals surface area contributed by atoms with Gasteiger partial charge in [0.1, 0.15) is 0 Å². The van der Waals surface area contributed by atoms with Crippen LogP contribution in [0.15, 0.2) is 36.4 Å². The second kappa shape index (κ2) is 4.16. The summed E-state index contributed by atoms with van der Waals surface area (Å²) in [6, 6.07) is 12.0. The molecule has 2 heterocycles. The minimum atomic E-state index is 0.281. The lowest BCUT2D eigenvalue weighted by atomic mass is 10.2. The van der Waals surface area contributed by atoms with E-state index in [1.54, 1.807) is 0 Å². The maximum absolute atomic E-state index is 5.37. The Hall–Kier alpha value is -2.69. The summed E-state index contributed by atoms with van der Waals surface area (Å²) in [7, 11) is 0. The number of nitrogens with one attached hydrogen (secondary N) is 2. The maximum atomic E-state index is 5.37. The Bertz CT molecular complexity index is 795. The summed E-state index contributed by atoms with van der Waals surface area (Å²) in [5.74, 6) is 2.34. The zero-order valence-electron chi connectivity index (χ0n) is 10.9. The molecule has 0 fully saturated rings. The first-order valence-corrected chi connectivity index (χ1v) is 6.41. The summed E-state index contributed by atoms with van der Waals surface area (Å²) in [4.78, 5) is 0. The van der Waals surface area contributed by atoms with Crippen LogP contribution in [0.25, 0.3) is 10.9 Å². The van der Waals surface area contributed by atoms with Gasteiger partial charge in [-0.05, 0) is 31.2 Å². The SMILES string of the molecule is Cc1ccc2[nH]nc(Nc3ccc4c(c3)OCO4)c2c1. The summed E-state index contributed by atoms with van der Waals surface area (Å²) >= 11 is 0. The second-order valence-electron chi connectivity index (χ2n) is 4.81. The zero-order valence-corrected chi connectivity index (χ0v) is 10.9. The van der Waals surface area contributed by atoms with Crippen molar-refractivity contribution in [2.75, 3.05) is 12.1 Å². The standard InChI is InChI=1S/C15H13N3O2/c1-9-2-4-12-11(6-9)15(18-17-12)16-10-3-5-13-14(7-10)20-8-19-13/h2-7H,8H2,1H3,(H2,16,17,18). The topological polar surface area (TPSA) is 59.2 Å². The molecule has 5 heteroatoms. The highest BCUT2D eigenvalue weighted by atomic mass is 16.7. The van der Waals surface area contributed by atoms with Crippen LogP contribution in [-0.2, 0) is 0 Å². The molecule has 2 N–H and O–H groups in total. The van der Waals surface area contributed by atoms with Gasteiger partial charge in [0.15, 0.2) is 17.3 Å². The van der Waals surface area contributed by atoms with E-state index in [1.807, 2.05) is 24.3 Å². The fraction of sp³-hybridized carbons (Fsp3) is 0.133. The normalized spacial score (nSPS) is 12.8. The Morgan fingerprint density at radius 2 is 2.00 bits per heavy atom. The average molecular weight is 267 g/mol. The Morgan fingerprint density at radius 3 is 2.95 bits per heavy atom. The minimum absolute atomic E-state index is 0.281. The van der Waals surface area contributed by atoms with Gasteiger partial charge in [-0.25, -0.2) is 0 Å². The molecule has 3 aromatic rings. The van der Waals surface area contributed by atoms with Crippen molar-refractivity contribution in [2.45, 2.75) is 6.92 Å². The first-order valence-electron chi connectivity index (χ1n) is 6.41. The predicted octanol–water partition coefficient (Wildman–Crippen LogP) is 3.34. The molecule has 0 atom stereocenters. The molecule has 100 valence electrons. The molecule has 1 aromatic heterocycles. The number of benzene rings is 2. The summed E-state index contributed by atoms with van der Waals surface area (Å²) in [6.07, 6.45) is 0. The molecule has 2 aromatic carbocycles. The first-order chi connectivity index (χ1) is 9.79. The Kier molecular flexibility index (Phi) is 2.32. The third kappa shape index (κ3) is 1.75. The largest absolute Gasteiger partial charge is 0.454 e. The van der Waals surface area contributed by atoms with Crippen LogP contribution in [-0.4, -0.2) is 17.0 Å². The van der Waals surface area contributed by atoms with Crippen LogP contribution in [0, 0.1) is 6.92 Å². The van der Waals surface area contributed by atoms with Gasteiger partial charge in [-0.15, -0.1) is 0 Å². The first kappa shape index (κ1) is 11.2. The van der Waals surface area contributed by atoms with Crippen molar-refractivity contribution >= 4 is 22.4 Å². The number of hydrogen-bond donors (Lipinski definition) is 2. The van der Waals surface area contributed by atoms with Gasteiger partial charge in [0.2, 0.25) is 6.79 Å². The zero-order chi connectivity index (χ0) is 13.5. The Balaban J connectivity index is 1.72. The van der Waals surface area contributed by atoms with E-state index >= 15 is 0 Å². The van der Waals surface area contributed by atoms with Crippen LogP contribution >= 0.6 is 0 Å². The number of rotatable bonds is 2. The molecule has 0 unspecified atom stereocenters. The van der Waals surface area contributed by atoms with E-state index in [0.717, 1.165) is 33.9 Å². The van der Waals surface area contributed by atoms with Crippen molar-refractivity contribution in [2.24, 2.45) is 0 Å². The summed E-state index contributed by atoms with van der Waals surface area (Å²) in [6.45, 7) is 2.35. The van der Waals surface area contributed by atoms with Gasteiger partial charge in [0.05, 0.1) is 5.52 Å². The van der Waals surface area contributed by atoms with Crippen molar-refractivity contribution in [3.05, 3.63) is 42.0 Å². The van der Waals surface area contributed by atoms with Crippen LogP contribution in [0.2, 0.25) is 0 Å². The molecular formula is C15H13N3O2. The quantitative estimate of drug-likeness (QED) is 0.747. The van der Waals surface area contributed by atoms with E-state index in [-0.39, 0.29) is 6.79 Å².